The van der Waals surface area contributed by atoms with Crippen LogP contribution in [-0.2, 0) is 0 Å². The number of hydrogen-bond donors (Lipinski definition) is 0. The highest BCUT2D eigenvalue weighted by molar-refractivity contribution is 9.10. The van der Waals surface area contributed by atoms with E-state index in [9.17, 15) is 9.18 Å². The lowest BCUT2D eigenvalue weighted by atomic mass is 9.98. The van der Waals surface area contributed by atoms with Gasteiger partial charge in [0.05, 0.1) is 0 Å². The van der Waals surface area contributed by atoms with Crippen LogP contribution < -0.4 is 0 Å². The Balaban J connectivity index is 2.02. The van der Waals surface area contributed by atoms with Crippen LogP contribution >= 0.6 is 15.9 Å². The van der Waals surface area contributed by atoms with Gasteiger partial charge in [0.1, 0.15) is 0 Å². The van der Waals surface area contributed by atoms with E-state index < -0.39 is 4.58 Å². The molecule has 88 valence electrons. The molecule has 17 heavy (non-hydrogen) atoms. The molecule has 0 saturated heterocycles. The second kappa shape index (κ2) is 4.96. The monoisotopic (exact) mass is 294 g/mol. The van der Waals surface area contributed by atoms with E-state index >= 15 is 0 Å². The van der Waals surface area contributed by atoms with Crippen LogP contribution in [0.5, 0.6) is 0 Å². The molecule has 0 aliphatic heterocycles. The van der Waals surface area contributed by atoms with E-state index in [1.807, 2.05) is 18.2 Å². The van der Waals surface area contributed by atoms with E-state index in [0.29, 0.717) is 12.0 Å². The van der Waals surface area contributed by atoms with Crippen LogP contribution in [0.3, 0.4) is 0 Å². The molecule has 1 nitrogen and oxygen atoms in total. The van der Waals surface area contributed by atoms with Crippen LogP contribution in [0.1, 0.15) is 23.2 Å². The molecular formula is C14H12BrFO. The fraction of sp³-hybridized carbons (Fsp3) is 0.214. The van der Waals surface area contributed by atoms with Gasteiger partial charge in [0.2, 0.25) is 0 Å². The van der Waals surface area contributed by atoms with E-state index in [4.69, 9.17) is 0 Å². The van der Waals surface area contributed by atoms with E-state index in [2.05, 4.69) is 15.9 Å². The topological polar surface area (TPSA) is 17.1 Å². The standard InChI is InChI=1S/C14H12BrFO/c15-14(16)8-6-11(7-9-14)10-13(17)12-4-2-1-3-5-12/h1-8H,9-10H2. The molecule has 0 spiro atoms. The van der Waals surface area contributed by atoms with Gasteiger partial charge < -0.3 is 0 Å². The lowest BCUT2D eigenvalue weighted by Crippen LogP contribution is -2.12. The van der Waals surface area contributed by atoms with Gasteiger partial charge in [-0.3, -0.25) is 4.79 Å². The zero-order valence-electron chi connectivity index (χ0n) is 9.20. The van der Waals surface area contributed by atoms with Crippen LogP contribution in [0, 0.1) is 0 Å². The minimum Gasteiger partial charge on any atom is -0.294 e. The molecule has 0 radical (unpaired) electrons. The number of hydrogen-bond acceptors (Lipinski definition) is 1. The Morgan fingerprint density at radius 3 is 2.65 bits per heavy atom. The smallest absolute Gasteiger partial charge is 0.187 e. The van der Waals surface area contributed by atoms with Gasteiger partial charge in [-0.25, -0.2) is 4.39 Å². The molecule has 3 heteroatoms. The number of carbonyl (C=O) groups is 1. The molecule has 0 saturated carbocycles. The summed E-state index contributed by atoms with van der Waals surface area (Å²) >= 11 is 2.95. The quantitative estimate of drug-likeness (QED) is 0.603. The number of rotatable bonds is 3. The van der Waals surface area contributed by atoms with Gasteiger partial charge in [0.15, 0.2) is 10.4 Å². The zero-order chi connectivity index (χ0) is 12.3. The highest BCUT2D eigenvalue weighted by atomic mass is 79.9. The summed E-state index contributed by atoms with van der Waals surface area (Å²) in [4.78, 5) is 11.9. The van der Waals surface area contributed by atoms with Crippen molar-refractivity contribution in [2.24, 2.45) is 0 Å². The Morgan fingerprint density at radius 2 is 2.06 bits per heavy atom. The van der Waals surface area contributed by atoms with Crippen molar-refractivity contribution in [3.05, 3.63) is 59.7 Å². The van der Waals surface area contributed by atoms with E-state index in [1.165, 1.54) is 6.08 Å². The third-order valence-corrected chi connectivity index (χ3v) is 3.23. The van der Waals surface area contributed by atoms with Gasteiger partial charge in [0, 0.05) is 18.4 Å². The van der Waals surface area contributed by atoms with Gasteiger partial charge >= 0.3 is 0 Å². The van der Waals surface area contributed by atoms with Crippen molar-refractivity contribution in [1.29, 1.82) is 0 Å². The largest absolute Gasteiger partial charge is 0.294 e. The zero-order valence-corrected chi connectivity index (χ0v) is 10.8. The van der Waals surface area contributed by atoms with Crippen molar-refractivity contribution in [2.45, 2.75) is 17.4 Å². The summed E-state index contributed by atoms with van der Waals surface area (Å²) in [5, 5.41) is 0. The average Bonchev–Trinajstić information content (AvgIpc) is 2.33. The lowest BCUT2D eigenvalue weighted by molar-refractivity contribution is 0.0993. The number of allylic oxidation sites excluding steroid dienone is 4. The molecule has 0 heterocycles. The summed E-state index contributed by atoms with van der Waals surface area (Å²) < 4.78 is 12.0. The van der Waals surface area contributed by atoms with Gasteiger partial charge in [-0.15, -0.1) is 0 Å². The highest BCUT2D eigenvalue weighted by Crippen LogP contribution is 2.32. The van der Waals surface area contributed by atoms with Gasteiger partial charge in [0.25, 0.3) is 0 Å². The van der Waals surface area contributed by atoms with Crippen LogP contribution in [0.15, 0.2) is 54.1 Å². The highest BCUT2D eigenvalue weighted by Gasteiger charge is 2.23. The van der Waals surface area contributed by atoms with Crippen LogP contribution in [0.2, 0.25) is 0 Å². The Morgan fingerprint density at radius 1 is 1.35 bits per heavy atom. The second-order valence-corrected chi connectivity index (χ2v) is 5.36. The summed E-state index contributed by atoms with van der Waals surface area (Å²) in [5.41, 5.74) is 1.56. The molecule has 0 bridgehead atoms. The Kier molecular flexibility index (Phi) is 3.57. The van der Waals surface area contributed by atoms with Crippen molar-refractivity contribution >= 4 is 21.7 Å². The predicted octanol–water partition coefficient (Wildman–Crippen LogP) is 4.21. The summed E-state index contributed by atoms with van der Waals surface area (Å²) in [5.74, 6) is 0.0578. The Labute approximate surface area is 108 Å². The van der Waals surface area contributed by atoms with Crippen molar-refractivity contribution in [3.63, 3.8) is 0 Å². The van der Waals surface area contributed by atoms with Crippen LogP contribution in [-0.4, -0.2) is 10.4 Å². The SMILES string of the molecule is O=C(CC1=CCC(F)(Br)C=C1)c1ccccc1. The maximum absolute atomic E-state index is 13.4. The van der Waals surface area contributed by atoms with Crippen LogP contribution in [0.25, 0.3) is 0 Å². The first-order chi connectivity index (χ1) is 8.07. The number of Topliss-reactive ketones (excluding diaryl/α,β-unsaturated/α-hetero) is 1. The Bertz CT molecular complexity index is 474. The summed E-state index contributed by atoms with van der Waals surface area (Å²) in [7, 11) is 0. The first-order valence-corrected chi connectivity index (χ1v) is 6.20. The molecule has 0 amide bonds. The van der Waals surface area contributed by atoms with Gasteiger partial charge in [-0.2, -0.15) is 0 Å². The number of halogens is 2. The Hall–Kier alpha value is -1.22. The third-order valence-electron chi connectivity index (χ3n) is 2.64. The van der Waals surface area contributed by atoms with Gasteiger partial charge in [-0.05, 0) is 27.6 Å². The first kappa shape index (κ1) is 12.2. The molecule has 0 aromatic heterocycles. The summed E-state index contributed by atoms with van der Waals surface area (Å²) in [6.45, 7) is 0. The maximum atomic E-state index is 13.4. The molecular weight excluding hydrogens is 283 g/mol. The number of carbonyl (C=O) groups excluding carboxylic acids is 1. The molecule has 0 fully saturated rings. The summed E-state index contributed by atoms with van der Waals surface area (Å²) in [6, 6.07) is 9.13. The molecule has 2 rings (SSSR count). The molecule has 1 aromatic rings. The molecule has 0 N–H and O–H groups in total. The van der Waals surface area contributed by atoms with Crippen molar-refractivity contribution < 1.29 is 9.18 Å². The van der Waals surface area contributed by atoms with E-state index in [1.54, 1.807) is 24.3 Å². The second-order valence-electron chi connectivity index (χ2n) is 4.04. The van der Waals surface area contributed by atoms with Crippen molar-refractivity contribution in [1.82, 2.24) is 0 Å². The molecule has 1 unspecified atom stereocenters. The fourth-order valence-electron chi connectivity index (χ4n) is 1.67. The van der Waals surface area contributed by atoms with Crippen molar-refractivity contribution in [3.8, 4) is 0 Å². The van der Waals surface area contributed by atoms with Crippen LogP contribution in [0.4, 0.5) is 4.39 Å². The van der Waals surface area contributed by atoms with E-state index in [0.717, 1.165) is 5.57 Å². The minimum absolute atomic E-state index is 0.0578. The molecule has 1 atom stereocenters. The molecule has 1 aliphatic carbocycles. The fourth-order valence-corrected chi connectivity index (χ4v) is 1.97. The minimum atomic E-state index is -1.45. The molecule has 1 aromatic carbocycles. The number of benzene rings is 1. The molecule has 1 aliphatic rings. The van der Waals surface area contributed by atoms with Crippen molar-refractivity contribution in [2.75, 3.05) is 0 Å². The number of ketones is 1. The average molecular weight is 295 g/mol. The predicted molar refractivity (Wildman–Crippen MR) is 70.0 cm³/mol. The van der Waals surface area contributed by atoms with E-state index in [-0.39, 0.29) is 12.2 Å². The van der Waals surface area contributed by atoms with Gasteiger partial charge in [-0.1, -0.05) is 42.5 Å². The lowest BCUT2D eigenvalue weighted by Gasteiger charge is -2.16. The number of alkyl halides is 2. The first-order valence-electron chi connectivity index (χ1n) is 5.41. The normalized spacial score (nSPS) is 23.3. The maximum Gasteiger partial charge on any atom is 0.187 e. The summed E-state index contributed by atoms with van der Waals surface area (Å²) in [6.07, 6.45) is 5.46. The third kappa shape index (κ3) is 3.37.